The van der Waals surface area contributed by atoms with E-state index in [0.717, 1.165) is 0 Å². The van der Waals surface area contributed by atoms with Gasteiger partial charge in [0.1, 0.15) is 0 Å². The van der Waals surface area contributed by atoms with E-state index in [1.807, 2.05) is 0 Å². The molecule has 1 fully saturated rings. The third kappa shape index (κ3) is 1.99. The summed E-state index contributed by atoms with van der Waals surface area (Å²) in [6.07, 6.45) is 1.35. The van der Waals surface area contributed by atoms with Gasteiger partial charge in [0, 0.05) is 0 Å². The zero-order valence-electron chi connectivity index (χ0n) is 9.67. The van der Waals surface area contributed by atoms with Gasteiger partial charge in [0.25, 0.3) is 5.95 Å². The molecule has 3 N–H and O–H groups in total. The van der Waals surface area contributed by atoms with Crippen molar-refractivity contribution in [3.63, 3.8) is 0 Å². The number of hydrogen-bond donors (Lipinski definition) is 2. The maximum Gasteiger partial charge on any atom is 0.270 e. The van der Waals surface area contributed by atoms with Gasteiger partial charge < -0.3 is 5.73 Å². The predicted molar refractivity (Wildman–Crippen MR) is 65.0 cm³/mol. The molecule has 0 spiro atoms. The molecular weight excluding hydrogens is 240 g/mol. The van der Waals surface area contributed by atoms with Crippen LogP contribution in [0.5, 0.6) is 0 Å². The molecule has 7 nitrogen and oxygen atoms in total. The minimum Gasteiger partial charge on any atom is -0.392 e. The van der Waals surface area contributed by atoms with Gasteiger partial charge in [0.2, 0.25) is 5.91 Å². The van der Waals surface area contributed by atoms with Crippen molar-refractivity contribution in [3.8, 4) is 0 Å². The lowest BCUT2D eigenvalue weighted by molar-refractivity contribution is -0.127. The summed E-state index contributed by atoms with van der Waals surface area (Å²) >= 11 is 4.99. The maximum absolute atomic E-state index is 12.1. The Morgan fingerprint density at radius 3 is 2.71 bits per heavy atom. The number of nitrogens with one attached hydrogen (secondary N) is 1. The number of rotatable bonds is 3. The Balaban J connectivity index is 2.11. The monoisotopic (exact) mass is 254 g/mol. The fraction of sp³-hybridized carbons (Fsp3) is 0.667. The summed E-state index contributed by atoms with van der Waals surface area (Å²) in [7, 11) is 1.62. The Labute approximate surface area is 104 Å². The van der Waals surface area contributed by atoms with Crippen molar-refractivity contribution in [1.82, 2.24) is 20.2 Å². The number of aryl methyl sites for hydroxylation is 1. The van der Waals surface area contributed by atoms with Crippen molar-refractivity contribution < 1.29 is 4.79 Å². The lowest BCUT2D eigenvalue weighted by Crippen LogP contribution is -2.54. The van der Waals surface area contributed by atoms with Gasteiger partial charge in [-0.2, -0.15) is 4.80 Å². The summed E-state index contributed by atoms with van der Waals surface area (Å²) in [6.45, 7) is 2.06. The second-order valence-corrected chi connectivity index (χ2v) is 4.96. The quantitative estimate of drug-likeness (QED) is 0.728. The van der Waals surface area contributed by atoms with Gasteiger partial charge in [-0.3, -0.25) is 10.1 Å². The Morgan fingerprint density at radius 1 is 1.65 bits per heavy atom. The van der Waals surface area contributed by atoms with Crippen molar-refractivity contribution in [1.29, 1.82) is 0 Å². The molecule has 0 saturated heterocycles. The zero-order chi connectivity index (χ0) is 12.6. The number of nitrogens with two attached hydrogens (primary N) is 1. The lowest BCUT2D eigenvalue weighted by Gasteiger charge is -2.43. The Hall–Kier alpha value is -1.57. The molecule has 2 rings (SSSR count). The second kappa shape index (κ2) is 4.02. The largest absolute Gasteiger partial charge is 0.392 e. The molecule has 8 heteroatoms. The standard InChI is InChI=1S/C9H14N6OS/c1-5-3-9(4-5,6(10)17)7(16)11-8-12-14-15(2)13-8/h5H,3-4H2,1-2H3,(H2,10,17)(H,11,13,16). The van der Waals surface area contributed by atoms with Gasteiger partial charge in [0.15, 0.2) is 0 Å². The number of anilines is 1. The molecule has 0 aromatic carbocycles. The first-order chi connectivity index (χ1) is 7.94. The molecule has 92 valence electrons. The summed E-state index contributed by atoms with van der Waals surface area (Å²) in [6, 6.07) is 0. The van der Waals surface area contributed by atoms with E-state index >= 15 is 0 Å². The molecule has 0 radical (unpaired) electrons. The highest BCUT2D eigenvalue weighted by Crippen LogP contribution is 2.46. The van der Waals surface area contributed by atoms with E-state index in [1.165, 1.54) is 4.80 Å². The summed E-state index contributed by atoms with van der Waals surface area (Å²) in [5.41, 5.74) is 4.92. The van der Waals surface area contributed by atoms with Crippen LogP contribution in [-0.2, 0) is 11.8 Å². The third-order valence-electron chi connectivity index (χ3n) is 3.03. The van der Waals surface area contributed by atoms with Crippen molar-refractivity contribution in [2.45, 2.75) is 19.8 Å². The van der Waals surface area contributed by atoms with Gasteiger partial charge in [-0.05, 0) is 24.0 Å². The maximum atomic E-state index is 12.1. The molecule has 0 aliphatic heterocycles. The molecule has 1 aromatic rings. The number of amides is 1. The molecule has 1 aliphatic carbocycles. The van der Waals surface area contributed by atoms with Crippen LogP contribution in [0.4, 0.5) is 5.95 Å². The Kier molecular flexibility index (Phi) is 2.82. The number of carbonyl (C=O) groups excluding carboxylic acids is 1. The molecule has 0 atom stereocenters. The molecule has 1 heterocycles. The number of carbonyl (C=O) groups is 1. The van der Waals surface area contributed by atoms with Crippen molar-refractivity contribution in [3.05, 3.63) is 0 Å². The molecule has 1 aromatic heterocycles. The van der Waals surface area contributed by atoms with Gasteiger partial charge in [-0.25, -0.2) is 0 Å². The SMILES string of the molecule is CC1CC(C(=O)Nc2nnn(C)n2)(C(N)=S)C1. The van der Waals surface area contributed by atoms with E-state index in [1.54, 1.807) is 7.05 Å². The van der Waals surface area contributed by atoms with Crippen LogP contribution in [0.1, 0.15) is 19.8 Å². The number of hydrogen-bond acceptors (Lipinski definition) is 5. The first kappa shape index (κ1) is 11.9. The number of aromatic nitrogens is 4. The normalized spacial score (nSPS) is 27.3. The molecule has 1 amide bonds. The molecular formula is C9H14N6OS. The zero-order valence-corrected chi connectivity index (χ0v) is 10.5. The highest BCUT2D eigenvalue weighted by molar-refractivity contribution is 7.80. The van der Waals surface area contributed by atoms with Crippen LogP contribution >= 0.6 is 12.2 Å². The fourth-order valence-electron chi connectivity index (χ4n) is 2.18. The van der Waals surface area contributed by atoms with Gasteiger partial charge >= 0.3 is 0 Å². The Bertz CT molecular complexity index is 464. The van der Waals surface area contributed by atoms with E-state index in [2.05, 4.69) is 27.7 Å². The lowest BCUT2D eigenvalue weighted by atomic mass is 9.62. The van der Waals surface area contributed by atoms with E-state index in [4.69, 9.17) is 18.0 Å². The van der Waals surface area contributed by atoms with Crippen molar-refractivity contribution >= 4 is 29.1 Å². The van der Waals surface area contributed by atoms with Crippen LogP contribution in [0.2, 0.25) is 0 Å². The molecule has 1 aliphatic rings. The third-order valence-corrected chi connectivity index (χ3v) is 3.42. The van der Waals surface area contributed by atoms with Crippen LogP contribution in [0, 0.1) is 11.3 Å². The van der Waals surface area contributed by atoms with E-state index < -0.39 is 5.41 Å². The number of tetrazole rings is 1. The highest BCUT2D eigenvalue weighted by Gasteiger charge is 2.51. The second-order valence-electron chi connectivity index (χ2n) is 4.52. The minimum absolute atomic E-state index is 0.174. The average Bonchev–Trinajstić information content (AvgIpc) is 2.58. The average molecular weight is 254 g/mol. The topological polar surface area (TPSA) is 98.7 Å². The van der Waals surface area contributed by atoms with E-state index in [-0.39, 0.29) is 16.8 Å². The number of nitrogens with zero attached hydrogens (tertiary/aromatic N) is 4. The summed E-state index contributed by atoms with van der Waals surface area (Å²) in [5.74, 6) is 0.390. The van der Waals surface area contributed by atoms with Crippen molar-refractivity contribution in [2.75, 3.05) is 5.32 Å². The number of thiocarbonyl (C=S) groups is 1. The summed E-state index contributed by atoms with van der Waals surface area (Å²) < 4.78 is 0. The van der Waals surface area contributed by atoms with Crippen LogP contribution in [-0.4, -0.2) is 31.1 Å². The molecule has 0 bridgehead atoms. The Morgan fingerprint density at radius 2 is 2.29 bits per heavy atom. The van der Waals surface area contributed by atoms with E-state index in [9.17, 15) is 4.79 Å². The van der Waals surface area contributed by atoms with E-state index in [0.29, 0.717) is 18.8 Å². The van der Waals surface area contributed by atoms with Gasteiger partial charge in [0.05, 0.1) is 17.5 Å². The first-order valence-electron chi connectivity index (χ1n) is 5.29. The first-order valence-corrected chi connectivity index (χ1v) is 5.70. The highest BCUT2D eigenvalue weighted by atomic mass is 32.1. The smallest absolute Gasteiger partial charge is 0.270 e. The fourth-order valence-corrected chi connectivity index (χ4v) is 2.44. The van der Waals surface area contributed by atoms with Crippen LogP contribution in [0.3, 0.4) is 0 Å². The van der Waals surface area contributed by atoms with Gasteiger partial charge in [-0.1, -0.05) is 24.2 Å². The van der Waals surface area contributed by atoms with Crippen LogP contribution in [0.25, 0.3) is 0 Å². The van der Waals surface area contributed by atoms with Gasteiger partial charge in [-0.15, -0.1) is 5.10 Å². The molecule has 17 heavy (non-hydrogen) atoms. The minimum atomic E-state index is -0.742. The van der Waals surface area contributed by atoms with Crippen molar-refractivity contribution in [2.24, 2.45) is 24.1 Å². The van der Waals surface area contributed by atoms with Crippen LogP contribution in [0.15, 0.2) is 0 Å². The molecule has 0 unspecified atom stereocenters. The summed E-state index contributed by atoms with van der Waals surface area (Å²) in [4.78, 5) is 13.6. The molecule has 1 saturated carbocycles. The summed E-state index contributed by atoms with van der Waals surface area (Å²) in [5, 5.41) is 13.8. The predicted octanol–water partition coefficient (Wildman–Crippen LogP) is -0.149. The van der Waals surface area contributed by atoms with Crippen LogP contribution < -0.4 is 11.1 Å².